The highest BCUT2D eigenvalue weighted by Gasteiger charge is 2.31. The molecule has 1 fully saturated rings. The van der Waals surface area contributed by atoms with E-state index >= 15 is 0 Å². The minimum atomic E-state index is -3.51. The summed E-state index contributed by atoms with van der Waals surface area (Å²) in [6, 6.07) is 5.66. The van der Waals surface area contributed by atoms with Gasteiger partial charge >= 0.3 is 0 Å². The number of carbonyl (C=O) groups excluding carboxylic acids is 1. The van der Waals surface area contributed by atoms with Crippen molar-refractivity contribution in [2.24, 2.45) is 0 Å². The fourth-order valence-corrected chi connectivity index (χ4v) is 4.62. The van der Waals surface area contributed by atoms with Crippen LogP contribution < -0.4 is 0 Å². The van der Waals surface area contributed by atoms with Crippen molar-refractivity contribution in [3.8, 4) is 0 Å². The maximum Gasteiger partial charge on any atom is 0.243 e. The first-order valence-electron chi connectivity index (χ1n) is 8.65. The molecular weight excluding hydrogens is 324 g/mol. The lowest BCUT2D eigenvalue weighted by molar-refractivity contribution is -0.132. The van der Waals surface area contributed by atoms with Gasteiger partial charge in [0.15, 0.2) is 0 Å². The molecule has 134 valence electrons. The summed E-state index contributed by atoms with van der Waals surface area (Å²) in [4.78, 5) is 14.1. The summed E-state index contributed by atoms with van der Waals surface area (Å²) in [6.45, 7) is 9.59. The van der Waals surface area contributed by atoms with Gasteiger partial charge in [0.2, 0.25) is 15.9 Å². The number of rotatable bonds is 5. The van der Waals surface area contributed by atoms with Crippen LogP contribution in [0.3, 0.4) is 0 Å². The van der Waals surface area contributed by atoms with Crippen molar-refractivity contribution in [1.29, 1.82) is 0 Å². The maximum atomic E-state index is 13.0. The standard InChI is InChI=1S/C18H28N2O3S/c1-5-6-18(21)19-9-11-20(12-10-19)24(22,23)17-13-16(14(2)3)8-7-15(17)4/h7-8,13-14H,5-6,9-12H2,1-4H3. The van der Waals surface area contributed by atoms with Crippen molar-refractivity contribution in [2.75, 3.05) is 26.2 Å². The van der Waals surface area contributed by atoms with E-state index in [2.05, 4.69) is 13.8 Å². The van der Waals surface area contributed by atoms with E-state index in [1.165, 1.54) is 4.31 Å². The second-order valence-electron chi connectivity index (χ2n) is 6.71. The van der Waals surface area contributed by atoms with E-state index in [0.717, 1.165) is 17.5 Å². The Labute approximate surface area is 145 Å². The number of nitrogens with zero attached hydrogens (tertiary/aromatic N) is 2. The number of carbonyl (C=O) groups is 1. The van der Waals surface area contributed by atoms with Crippen molar-refractivity contribution in [3.63, 3.8) is 0 Å². The van der Waals surface area contributed by atoms with Crippen LogP contribution in [0.4, 0.5) is 0 Å². The van der Waals surface area contributed by atoms with Crippen LogP contribution in [0, 0.1) is 6.92 Å². The zero-order valence-corrected chi connectivity index (χ0v) is 15.9. The molecule has 24 heavy (non-hydrogen) atoms. The highest BCUT2D eigenvalue weighted by atomic mass is 32.2. The highest BCUT2D eigenvalue weighted by Crippen LogP contribution is 2.25. The summed E-state index contributed by atoms with van der Waals surface area (Å²) < 4.78 is 27.5. The summed E-state index contributed by atoms with van der Waals surface area (Å²) in [5, 5.41) is 0. The lowest BCUT2D eigenvalue weighted by Crippen LogP contribution is -2.50. The fourth-order valence-electron chi connectivity index (χ4n) is 2.94. The molecule has 1 heterocycles. The van der Waals surface area contributed by atoms with E-state index in [4.69, 9.17) is 0 Å². The smallest absolute Gasteiger partial charge is 0.243 e. The Bertz CT molecular complexity index is 690. The van der Waals surface area contributed by atoms with Crippen molar-refractivity contribution < 1.29 is 13.2 Å². The number of hydrogen-bond acceptors (Lipinski definition) is 3. The van der Waals surface area contributed by atoms with Gasteiger partial charge in [-0.05, 0) is 36.5 Å². The second-order valence-corrected chi connectivity index (χ2v) is 8.62. The van der Waals surface area contributed by atoms with Crippen molar-refractivity contribution in [2.45, 2.75) is 51.3 Å². The SMILES string of the molecule is CCCC(=O)N1CCN(S(=O)(=O)c2cc(C(C)C)ccc2C)CC1. The largest absolute Gasteiger partial charge is 0.340 e. The zero-order valence-electron chi connectivity index (χ0n) is 15.1. The molecule has 0 aromatic heterocycles. The molecule has 1 saturated heterocycles. The van der Waals surface area contributed by atoms with Crippen LogP contribution in [0.25, 0.3) is 0 Å². The first-order chi connectivity index (χ1) is 11.3. The fraction of sp³-hybridized carbons (Fsp3) is 0.611. The van der Waals surface area contributed by atoms with Crippen molar-refractivity contribution in [1.82, 2.24) is 9.21 Å². The van der Waals surface area contributed by atoms with Crippen LogP contribution in [-0.2, 0) is 14.8 Å². The molecule has 6 heteroatoms. The van der Waals surface area contributed by atoms with Crippen LogP contribution in [0.1, 0.15) is 50.7 Å². The van der Waals surface area contributed by atoms with E-state index in [1.54, 1.807) is 11.0 Å². The number of amides is 1. The molecule has 0 unspecified atom stereocenters. The van der Waals surface area contributed by atoms with Gasteiger partial charge in [0.1, 0.15) is 0 Å². The first kappa shape index (κ1) is 18.9. The summed E-state index contributed by atoms with van der Waals surface area (Å²) in [5.74, 6) is 0.399. The third kappa shape index (κ3) is 3.98. The monoisotopic (exact) mass is 352 g/mol. The number of sulfonamides is 1. The first-order valence-corrected chi connectivity index (χ1v) is 10.1. The molecule has 1 aromatic carbocycles. The Balaban J connectivity index is 2.18. The van der Waals surface area contributed by atoms with Crippen LogP contribution in [-0.4, -0.2) is 49.7 Å². The van der Waals surface area contributed by atoms with Gasteiger partial charge in [-0.25, -0.2) is 8.42 Å². The maximum absolute atomic E-state index is 13.0. The van der Waals surface area contributed by atoms with Gasteiger partial charge in [0.05, 0.1) is 4.90 Å². The molecule has 0 bridgehead atoms. The molecule has 0 radical (unpaired) electrons. The van der Waals surface area contributed by atoms with Crippen LogP contribution in [0.15, 0.2) is 23.1 Å². The molecular formula is C18H28N2O3S. The lowest BCUT2D eigenvalue weighted by atomic mass is 10.0. The Morgan fingerprint density at radius 1 is 1.17 bits per heavy atom. The second kappa shape index (κ2) is 7.66. The molecule has 5 nitrogen and oxygen atoms in total. The van der Waals surface area contributed by atoms with E-state index in [9.17, 15) is 13.2 Å². The molecule has 0 spiro atoms. The minimum Gasteiger partial charge on any atom is -0.340 e. The summed E-state index contributed by atoms with van der Waals surface area (Å²) >= 11 is 0. The van der Waals surface area contributed by atoms with E-state index in [1.807, 2.05) is 26.0 Å². The Hall–Kier alpha value is -1.40. The number of benzene rings is 1. The molecule has 2 rings (SSSR count). The Morgan fingerprint density at radius 3 is 2.33 bits per heavy atom. The van der Waals surface area contributed by atoms with Gasteiger partial charge in [-0.1, -0.05) is 32.9 Å². The number of aryl methyl sites for hydroxylation is 1. The topological polar surface area (TPSA) is 57.7 Å². The third-order valence-electron chi connectivity index (χ3n) is 4.55. The molecule has 1 aliphatic rings. The molecule has 0 saturated carbocycles. The summed E-state index contributed by atoms with van der Waals surface area (Å²) in [7, 11) is -3.51. The predicted octanol–water partition coefficient (Wildman–Crippen LogP) is 2.75. The molecule has 0 aliphatic carbocycles. The van der Waals surface area contributed by atoms with Gasteiger partial charge in [0.25, 0.3) is 0 Å². The lowest BCUT2D eigenvalue weighted by Gasteiger charge is -2.34. The predicted molar refractivity (Wildman–Crippen MR) is 95.5 cm³/mol. The van der Waals surface area contributed by atoms with Crippen LogP contribution in [0.5, 0.6) is 0 Å². The van der Waals surface area contributed by atoms with Gasteiger partial charge in [-0.3, -0.25) is 4.79 Å². The number of piperazine rings is 1. The molecule has 0 N–H and O–H groups in total. The third-order valence-corrected chi connectivity index (χ3v) is 6.59. The average Bonchev–Trinajstić information content (AvgIpc) is 2.55. The van der Waals surface area contributed by atoms with Gasteiger partial charge < -0.3 is 4.90 Å². The molecule has 1 aliphatic heterocycles. The Morgan fingerprint density at radius 2 is 1.79 bits per heavy atom. The molecule has 1 amide bonds. The molecule has 1 aromatic rings. The average molecular weight is 353 g/mol. The van der Waals surface area contributed by atoms with Crippen molar-refractivity contribution >= 4 is 15.9 Å². The number of hydrogen-bond donors (Lipinski definition) is 0. The van der Waals surface area contributed by atoms with E-state index < -0.39 is 10.0 Å². The van der Waals surface area contributed by atoms with Crippen LogP contribution in [0.2, 0.25) is 0 Å². The normalized spacial score (nSPS) is 16.6. The quantitative estimate of drug-likeness (QED) is 0.819. The van der Waals surface area contributed by atoms with Gasteiger partial charge in [-0.15, -0.1) is 0 Å². The summed E-state index contributed by atoms with van der Waals surface area (Å²) in [6.07, 6.45) is 1.35. The zero-order chi connectivity index (χ0) is 17.9. The Kier molecular flexibility index (Phi) is 6.04. The van der Waals surface area contributed by atoms with Crippen molar-refractivity contribution in [3.05, 3.63) is 29.3 Å². The van der Waals surface area contributed by atoms with Gasteiger partial charge in [0, 0.05) is 32.6 Å². The minimum absolute atomic E-state index is 0.118. The van der Waals surface area contributed by atoms with E-state index in [-0.39, 0.29) is 11.8 Å². The van der Waals surface area contributed by atoms with Crippen LogP contribution >= 0.6 is 0 Å². The van der Waals surface area contributed by atoms with Gasteiger partial charge in [-0.2, -0.15) is 4.31 Å². The summed E-state index contributed by atoms with van der Waals surface area (Å²) in [5.41, 5.74) is 1.79. The molecule has 0 atom stereocenters. The van der Waals surface area contributed by atoms with E-state index in [0.29, 0.717) is 37.5 Å². The highest BCUT2D eigenvalue weighted by molar-refractivity contribution is 7.89.